The summed E-state index contributed by atoms with van der Waals surface area (Å²) in [6.07, 6.45) is 57.5. The predicted molar refractivity (Wildman–Crippen MR) is 252 cm³/mol. The molecule has 0 aromatic carbocycles. The average molecular weight is 817 g/mol. The largest absolute Gasteiger partial charge is 0.462 e. The van der Waals surface area contributed by atoms with Gasteiger partial charge in [0.2, 0.25) is 0 Å². The Kier molecular flexibility index (Phi) is 48.4. The zero-order valence-corrected chi connectivity index (χ0v) is 39.3. The highest BCUT2D eigenvalue weighted by atomic mass is 16.6. The highest BCUT2D eigenvalue weighted by Crippen LogP contribution is 2.15. The maximum Gasteiger partial charge on any atom is 0.306 e. The van der Waals surface area contributed by atoms with Gasteiger partial charge in [-0.15, -0.1) is 0 Å². The Morgan fingerprint density at radius 1 is 0.362 bits per heavy atom. The lowest BCUT2D eigenvalue weighted by Crippen LogP contribution is -2.30. The van der Waals surface area contributed by atoms with Gasteiger partial charge < -0.3 is 14.2 Å². The summed E-state index contributed by atoms with van der Waals surface area (Å²) in [5, 5.41) is 0. The molecule has 0 aliphatic carbocycles. The molecule has 0 saturated carbocycles. The first-order valence-corrected chi connectivity index (χ1v) is 25.9. The van der Waals surface area contributed by atoms with E-state index in [1.54, 1.807) is 0 Å². The van der Waals surface area contributed by atoms with Crippen molar-refractivity contribution in [3.8, 4) is 0 Å². The molecule has 0 fully saturated rings. The molecule has 0 bridgehead atoms. The summed E-state index contributed by atoms with van der Waals surface area (Å²) < 4.78 is 17.4. The summed E-state index contributed by atoms with van der Waals surface area (Å²) in [6, 6.07) is 0. The smallest absolute Gasteiger partial charge is 0.306 e. The van der Waals surface area contributed by atoms with Gasteiger partial charge in [-0.1, -0.05) is 225 Å². The van der Waals surface area contributed by atoms with E-state index in [4.69, 9.17) is 14.2 Å². The van der Waals surface area contributed by atoms with Crippen LogP contribution in [0, 0.1) is 0 Å². The van der Waals surface area contributed by atoms with E-state index in [0.29, 0.717) is 19.4 Å². The molecule has 0 heterocycles. The van der Waals surface area contributed by atoms with E-state index in [1.165, 1.54) is 186 Å². The maximum atomic E-state index is 12.8. The van der Waals surface area contributed by atoms with Crippen LogP contribution in [0.4, 0.5) is 0 Å². The summed E-state index contributed by atoms with van der Waals surface area (Å²) >= 11 is 0. The SMILES string of the molecule is CCCC/C=C\CCCCCCCC(=O)OC[C@@H](COCCCCCCCCCCCCCCCCCC)OC(=O)CCCCCCC/C=C\CCCCCCCC. The molecule has 5 heteroatoms. The fourth-order valence-corrected chi connectivity index (χ4v) is 7.55. The van der Waals surface area contributed by atoms with E-state index in [0.717, 1.165) is 57.8 Å². The number of esters is 2. The van der Waals surface area contributed by atoms with E-state index >= 15 is 0 Å². The molecular weight excluding hydrogens is 717 g/mol. The van der Waals surface area contributed by atoms with Gasteiger partial charge in [0.15, 0.2) is 6.10 Å². The molecule has 0 rings (SSSR count). The van der Waals surface area contributed by atoms with E-state index in [-0.39, 0.29) is 25.2 Å². The molecule has 0 saturated heterocycles. The molecule has 342 valence electrons. The molecule has 0 spiro atoms. The first kappa shape index (κ1) is 56.4. The second-order valence-electron chi connectivity index (χ2n) is 17.4. The molecule has 0 unspecified atom stereocenters. The number of hydrogen-bond donors (Lipinski definition) is 0. The molecule has 5 nitrogen and oxygen atoms in total. The lowest BCUT2D eigenvalue weighted by Gasteiger charge is -2.18. The monoisotopic (exact) mass is 817 g/mol. The van der Waals surface area contributed by atoms with Gasteiger partial charge in [-0.05, 0) is 64.2 Å². The topological polar surface area (TPSA) is 61.8 Å². The zero-order valence-electron chi connectivity index (χ0n) is 39.3. The second kappa shape index (κ2) is 49.7. The third-order valence-electron chi connectivity index (χ3n) is 11.5. The Labute approximate surface area is 362 Å². The normalized spacial score (nSPS) is 12.3. The minimum Gasteiger partial charge on any atom is -0.462 e. The molecule has 0 aliphatic rings. The summed E-state index contributed by atoms with van der Waals surface area (Å²) in [7, 11) is 0. The second-order valence-corrected chi connectivity index (χ2v) is 17.4. The van der Waals surface area contributed by atoms with Crippen LogP contribution in [0.15, 0.2) is 24.3 Å². The number of unbranched alkanes of at least 4 members (excludes halogenated alkanes) is 33. The van der Waals surface area contributed by atoms with E-state index in [2.05, 4.69) is 45.1 Å². The van der Waals surface area contributed by atoms with Crippen molar-refractivity contribution < 1.29 is 23.8 Å². The fraction of sp³-hybridized carbons (Fsp3) is 0.887. The number of allylic oxidation sites excluding steroid dienone is 4. The van der Waals surface area contributed by atoms with Gasteiger partial charge in [-0.2, -0.15) is 0 Å². The van der Waals surface area contributed by atoms with Crippen molar-refractivity contribution in [3.63, 3.8) is 0 Å². The number of carbonyl (C=O) groups is 2. The quantitative estimate of drug-likeness (QED) is 0.0348. The third-order valence-corrected chi connectivity index (χ3v) is 11.5. The average Bonchev–Trinajstić information content (AvgIpc) is 3.22. The van der Waals surface area contributed by atoms with Crippen LogP contribution in [0.3, 0.4) is 0 Å². The lowest BCUT2D eigenvalue weighted by molar-refractivity contribution is -0.163. The summed E-state index contributed by atoms with van der Waals surface area (Å²) in [6.45, 7) is 7.82. The molecule has 0 aromatic heterocycles. The van der Waals surface area contributed by atoms with Crippen LogP contribution >= 0.6 is 0 Å². The predicted octanol–water partition coefficient (Wildman–Crippen LogP) is 17.2. The molecular formula is C53H100O5. The van der Waals surface area contributed by atoms with E-state index in [1.807, 2.05) is 0 Å². The highest BCUT2D eigenvalue weighted by Gasteiger charge is 2.17. The third kappa shape index (κ3) is 47.1. The fourth-order valence-electron chi connectivity index (χ4n) is 7.55. The van der Waals surface area contributed by atoms with Crippen LogP contribution in [-0.4, -0.2) is 37.9 Å². The lowest BCUT2D eigenvalue weighted by atomic mass is 10.0. The Hall–Kier alpha value is -1.62. The van der Waals surface area contributed by atoms with Crippen LogP contribution in [-0.2, 0) is 23.8 Å². The molecule has 58 heavy (non-hydrogen) atoms. The van der Waals surface area contributed by atoms with E-state index in [9.17, 15) is 9.59 Å². The van der Waals surface area contributed by atoms with Crippen molar-refractivity contribution in [2.45, 2.75) is 284 Å². The zero-order chi connectivity index (χ0) is 42.1. The van der Waals surface area contributed by atoms with Gasteiger partial charge in [0.25, 0.3) is 0 Å². The van der Waals surface area contributed by atoms with Crippen molar-refractivity contribution in [1.29, 1.82) is 0 Å². The van der Waals surface area contributed by atoms with Crippen LogP contribution in [0.25, 0.3) is 0 Å². The molecule has 0 aromatic rings. The maximum absolute atomic E-state index is 12.8. The standard InChI is InChI=1S/C53H100O5/c1-4-7-10-13-16-19-22-24-26-28-30-33-36-39-42-45-48-56-49-51(50-57-52(54)46-43-40-37-34-31-21-18-15-12-9-6-3)58-53(55)47-44-41-38-35-32-29-27-25-23-20-17-14-11-8-5-2/h15,18,25,27,51H,4-14,16-17,19-24,26,28-50H2,1-3H3/b18-15-,27-25-/t51-/m1/s1. The highest BCUT2D eigenvalue weighted by molar-refractivity contribution is 5.70. The van der Waals surface area contributed by atoms with Gasteiger partial charge in [-0.3, -0.25) is 9.59 Å². The minimum absolute atomic E-state index is 0.0836. The molecule has 1 atom stereocenters. The summed E-state index contributed by atoms with van der Waals surface area (Å²) in [5.41, 5.74) is 0. The molecule has 0 aliphatic heterocycles. The Morgan fingerprint density at radius 2 is 0.690 bits per heavy atom. The van der Waals surface area contributed by atoms with Crippen molar-refractivity contribution in [2.24, 2.45) is 0 Å². The number of ether oxygens (including phenoxy) is 3. The van der Waals surface area contributed by atoms with Crippen LogP contribution < -0.4 is 0 Å². The van der Waals surface area contributed by atoms with Crippen molar-refractivity contribution in [3.05, 3.63) is 24.3 Å². The minimum atomic E-state index is -0.536. The molecule has 0 amide bonds. The Morgan fingerprint density at radius 3 is 1.10 bits per heavy atom. The van der Waals surface area contributed by atoms with Crippen molar-refractivity contribution in [2.75, 3.05) is 19.8 Å². The number of rotatable bonds is 48. The number of hydrogen-bond acceptors (Lipinski definition) is 5. The van der Waals surface area contributed by atoms with Gasteiger partial charge in [0.05, 0.1) is 6.61 Å². The number of carbonyl (C=O) groups excluding carboxylic acids is 2. The summed E-state index contributed by atoms with van der Waals surface area (Å²) in [4.78, 5) is 25.3. The van der Waals surface area contributed by atoms with Crippen LogP contribution in [0.2, 0.25) is 0 Å². The summed E-state index contributed by atoms with van der Waals surface area (Å²) in [5.74, 6) is -0.403. The van der Waals surface area contributed by atoms with Crippen molar-refractivity contribution in [1.82, 2.24) is 0 Å². The van der Waals surface area contributed by atoms with Gasteiger partial charge in [0, 0.05) is 19.4 Å². The molecule has 0 radical (unpaired) electrons. The molecule has 0 N–H and O–H groups in total. The van der Waals surface area contributed by atoms with Gasteiger partial charge in [-0.25, -0.2) is 0 Å². The first-order valence-electron chi connectivity index (χ1n) is 25.9. The van der Waals surface area contributed by atoms with Gasteiger partial charge in [0.1, 0.15) is 6.61 Å². The Bertz CT molecular complexity index is 882. The van der Waals surface area contributed by atoms with E-state index < -0.39 is 6.10 Å². The van der Waals surface area contributed by atoms with Crippen molar-refractivity contribution >= 4 is 11.9 Å². The van der Waals surface area contributed by atoms with Crippen LogP contribution in [0.1, 0.15) is 278 Å². The van der Waals surface area contributed by atoms with Gasteiger partial charge >= 0.3 is 11.9 Å². The Balaban J connectivity index is 4.22. The first-order chi connectivity index (χ1) is 28.6. The van der Waals surface area contributed by atoms with Crippen LogP contribution in [0.5, 0.6) is 0 Å².